The molecule has 1 aromatic carbocycles. The summed E-state index contributed by atoms with van der Waals surface area (Å²) in [6, 6.07) is 2.08. The number of carbonyl (C=O) groups excluding carboxylic acids is 5. The van der Waals surface area contributed by atoms with Crippen LogP contribution in [0.25, 0.3) is 0 Å². The number of halogens is 2. The van der Waals surface area contributed by atoms with E-state index in [1.807, 2.05) is 24.3 Å². The zero-order valence-electron chi connectivity index (χ0n) is 26.3. The monoisotopic (exact) mass is 679 g/mol. The Hall–Kier alpha value is -3.38. The zero-order chi connectivity index (χ0) is 33.9. The van der Waals surface area contributed by atoms with Gasteiger partial charge in [-0.05, 0) is 54.1 Å². The van der Waals surface area contributed by atoms with E-state index in [0.717, 1.165) is 30.4 Å². The highest BCUT2D eigenvalue weighted by molar-refractivity contribution is 6.44. The first kappa shape index (κ1) is 35.5. The Kier molecular flexibility index (Phi) is 11.2. The molecule has 5 amide bonds. The van der Waals surface area contributed by atoms with Crippen LogP contribution in [0.3, 0.4) is 0 Å². The lowest BCUT2D eigenvalue weighted by Gasteiger charge is -2.35. The highest BCUT2D eigenvalue weighted by Crippen LogP contribution is 2.36. The number of carbonyl (C=O) groups is 6. The maximum Gasteiger partial charge on any atom is 0.326 e. The van der Waals surface area contributed by atoms with Gasteiger partial charge in [-0.1, -0.05) is 64.3 Å². The molecule has 2 fully saturated rings. The fraction of sp³-hybridized carbons (Fsp3) is 0.625. The third kappa shape index (κ3) is 8.12. The number of Topliss-reactive ketones (excluding diaryl/α,β-unsaturated/α-hetero) is 1. The molecule has 1 aromatic rings. The summed E-state index contributed by atoms with van der Waals surface area (Å²) < 4.78 is 0. The van der Waals surface area contributed by atoms with Crippen LogP contribution in [0.2, 0.25) is 0 Å². The van der Waals surface area contributed by atoms with E-state index in [-0.39, 0.29) is 25.3 Å². The molecule has 5 atom stereocenters. The van der Waals surface area contributed by atoms with Crippen molar-refractivity contribution in [1.82, 2.24) is 20.9 Å². The number of hydrogen-bond donors (Lipinski definition) is 5. The van der Waals surface area contributed by atoms with E-state index in [1.165, 1.54) is 4.90 Å². The second kappa shape index (κ2) is 14.6. The van der Waals surface area contributed by atoms with Crippen molar-refractivity contribution >= 4 is 58.7 Å². The van der Waals surface area contributed by atoms with Crippen LogP contribution in [0.15, 0.2) is 24.3 Å². The molecule has 4 rings (SSSR count). The number of alkyl halides is 2. The Balaban J connectivity index is 1.62. The Labute approximate surface area is 278 Å². The van der Waals surface area contributed by atoms with Crippen molar-refractivity contribution in [2.75, 3.05) is 6.54 Å². The van der Waals surface area contributed by atoms with Crippen LogP contribution >= 0.6 is 23.2 Å². The number of primary amides is 1. The summed E-state index contributed by atoms with van der Waals surface area (Å²) in [6.45, 7) is 5.11. The summed E-state index contributed by atoms with van der Waals surface area (Å²) in [5.74, 6) is -5.53. The van der Waals surface area contributed by atoms with Gasteiger partial charge in [-0.25, -0.2) is 9.59 Å². The summed E-state index contributed by atoms with van der Waals surface area (Å²) in [5.41, 5.74) is 6.50. The van der Waals surface area contributed by atoms with Crippen LogP contribution in [0, 0.1) is 23.2 Å². The number of benzene rings is 1. The van der Waals surface area contributed by atoms with Crippen LogP contribution in [0.1, 0.15) is 64.0 Å². The number of nitrogens with two attached hydrogens (primary N) is 1. The van der Waals surface area contributed by atoms with Gasteiger partial charge in [-0.3, -0.25) is 19.2 Å². The van der Waals surface area contributed by atoms with Crippen LogP contribution in [0.5, 0.6) is 0 Å². The molecule has 14 heteroatoms. The van der Waals surface area contributed by atoms with E-state index in [4.69, 9.17) is 28.9 Å². The molecule has 46 heavy (non-hydrogen) atoms. The number of carboxylic acid groups (broad SMARTS) is 1. The van der Waals surface area contributed by atoms with Crippen molar-refractivity contribution in [2.24, 2.45) is 28.9 Å². The summed E-state index contributed by atoms with van der Waals surface area (Å²) in [7, 11) is 0. The number of rotatable bonds is 12. The number of carboxylic acids is 1. The number of urea groups is 1. The van der Waals surface area contributed by atoms with Gasteiger partial charge in [0.2, 0.25) is 17.6 Å². The first-order chi connectivity index (χ1) is 21.6. The molecule has 3 aliphatic rings. The molecule has 0 radical (unpaired) electrons. The summed E-state index contributed by atoms with van der Waals surface area (Å²) in [5, 5.41) is 17.6. The fourth-order valence-corrected chi connectivity index (χ4v) is 7.26. The van der Waals surface area contributed by atoms with E-state index in [9.17, 15) is 33.9 Å². The highest BCUT2D eigenvalue weighted by atomic mass is 35.5. The van der Waals surface area contributed by atoms with Crippen molar-refractivity contribution in [1.29, 1.82) is 0 Å². The molecule has 1 saturated carbocycles. The van der Waals surface area contributed by atoms with Crippen molar-refractivity contribution < 1.29 is 33.9 Å². The number of ketones is 1. The molecule has 2 unspecified atom stereocenters. The fourth-order valence-electron chi connectivity index (χ4n) is 6.74. The number of amides is 5. The minimum absolute atomic E-state index is 0.0911. The SMILES string of the molecule is CC(C)(C)C(NC(=O)N[C@H](C(=O)N1CC[C@H](C(Cl)Cl)[C@H]1C(=O)NC(CC1CCC1)C(=O)C(N)=O)C1Cc2ccccc2C1)C(=O)O. The third-order valence-electron chi connectivity index (χ3n) is 9.48. The van der Waals surface area contributed by atoms with Crippen LogP contribution in [0.4, 0.5) is 4.79 Å². The van der Waals surface area contributed by atoms with Crippen LogP contribution in [-0.4, -0.2) is 81.1 Å². The largest absolute Gasteiger partial charge is 0.480 e. The van der Waals surface area contributed by atoms with E-state index in [1.54, 1.807) is 20.8 Å². The van der Waals surface area contributed by atoms with Crippen molar-refractivity contribution in [3.63, 3.8) is 0 Å². The Bertz CT molecular complexity index is 1340. The Morgan fingerprint density at radius 3 is 2.07 bits per heavy atom. The van der Waals surface area contributed by atoms with Gasteiger partial charge in [-0.2, -0.15) is 0 Å². The van der Waals surface area contributed by atoms with Gasteiger partial charge in [0.15, 0.2) is 0 Å². The van der Waals surface area contributed by atoms with E-state index in [2.05, 4.69) is 16.0 Å². The second-order valence-electron chi connectivity index (χ2n) is 13.8. The lowest BCUT2D eigenvalue weighted by Crippen LogP contribution is -2.61. The Morgan fingerprint density at radius 2 is 1.59 bits per heavy atom. The molecule has 12 nitrogen and oxygen atoms in total. The summed E-state index contributed by atoms with van der Waals surface area (Å²) in [6.07, 6.45) is 4.15. The standard InChI is InChI=1S/C32H43Cl2N5O7/c1-32(2,3)25(30(44)45)38-31(46)37-22(19-14-17-9-4-5-10-18(17)15-19)29(43)39-12-11-20(26(33)34)23(39)28(42)36-21(24(40)27(35)41)13-16-7-6-8-16/h4-5,9-10,16,19-23,25-26H,6-8,11-15H2,1-3H3,(H2,35,41)(H,36,42)(H,44,45)(H2,37,38,46)/t20-,21?,22-,23-,25?/m0/s1. The Morgan fingerprint density at radius 1 is 0.978 bits per heavy atom. The first-order valence-electron chi connectivity index (χ1n) is 15.7. The predicted octanol–water partition coefficient (Wildman–Crippen LogP) is 2.32. The molecule has 252 valence electrons. The molecular weight excluding hydrogens is 637 g/mol. The summed E-state index contributed by atoms with van der Waals surface area (Å²) >= 11 is 12.6. The van der Waals surface area contributed by atoms with Crippen LogP contribution in [-0.2, 0) is 36.8 Å². The number of likely N-dealkylation sites (tertiary alicyclic amines) is 1. The smallest absolute Gasteiger partial charge is 0.326 e. The van der Waals surface area contributed by atoms with E-state index in [0.29, 0.717) is 12.8 Å². The number of aliphatic carboxylic acids is 1. The molecular formula is C32H43Cl2N5O7. The number of nitrogens with one attached hydrogen (secondary N) is 3. The molecule has 0 spiro atoms. The van der Waals surface area contributed by atoms with Gasteiger partial charge in [0, 0.05) is 12.5 Å². The van der Waals surface area contributed by atoms with Gasteiger partial charge in [0.1, 0.15) is 23.0 Å². The third-order valence-corrected chi connectivity index (χ3v) is 10.1. The molecule has 6 N–H and O–H groups in total. The maximum absolute atomic E-state index is 14.4. The predicted molar refractivity (Wildman–Crippen MR) is 171 cm³/mol. The minimum atomic E-state index is -1.25. The number of fused-ring (bicyclic) bond motifs is 1. The van der Waals surface area contributed by atoms with Crippen LogP contribution < -0.4 is 21.7 Å². The molecule has 2 aliphatic carbocycles. The minimum Gasteiger partial charge on any atom is -0.480 e. The van der Waals surface area contributed by atoms with Crippen molar-refractivity contribution in [2.45, 2.75) is 94.7 Å². The number of hydrogen-bond acceptors (Lipinski definition) is 6. The first-order valence-corrected chi connectivity index (χ1v) is 16.5. The molecule has 1 heterocycles. The van der Waals surface area contributed by atoms with Gasteiger partial charge < -0.3 is 31.7 Å². The molecule has 0 bridgehead atoms. The van der Waals surface area contributed by atoms with E-state index >= 15 is 0 Å². The van der Waals surface area contributed by atoms with Gasteiger partial charge >= 0.3 is 12.0 Å². The van der Waals surface area contributed by atoms with E-state index < -0.39 is 81.8 Å². The van der Waals surface area contributed by atoms with Gasteiger partial charge in [0.05, 0.1) is 6.04 Å². The molecule has 1 saturated heterocycles. The summed E-state index contributed by atoms with van der Waals surface area (Å²) in [4.78, 5) is 78.4. The lowest BCUT2D eigenvalue weighted by molar-refractivity contribution is -0.143. The van der Waals surface area contributed by atoms with Crippen molar-refractivity contribution in [3.8, 4) is 0 Å². The highest BCUT2D eigenvalue weighted by Gasteiger charge is 2.49. The average Bonchev–Trinajstić information content (AvgIpc) is 3.59. The molecule has 0 aromatic heterocycles. The van der Waals surface area contributed by atoms with Crippen molar-refractivity contribution in [3.05, 3.63) is 35.4 Å². The van der Waals surface area contributed by atoms with Gasteiger partial charge in [0.25, 0.3) is 5.91 Å². The zero-order valence-corrected chi connectivity index (χ0v) is 27.8. The van der Waals surface area contributed by atoms with Gasteiger partial charge in [-0.15, -0.1) is 23.2 Å². The second-order valence-corrected chi connectivity index (χ2v) is 14.9. The normalized spacial score (nSPS) is 21.9. The maximum atomic E-state index is 14.4. The average molecular weight is 681 g/mol. The quantitative estimate of drug-likeness (QED) is 0.166. The number of nitrogens with zero attached hydrogens (tertiary/aromatic N) is 1. The topological polar surface area (TPSA) is 188 Å². The molecule has 1 aliphatic heterocycles. The lowest BCUT2D eigenvalue weighted by atomic mass is 9.80.